The molecule has 1 aliphatic heterocycles. The zero-order valence-electron chi connectivity index (χ0n) is 16.0. The molecule has 0 saturated carbocycles. The van der Waals surface area contributed by atoms with Crippen molar-refractivity contribution in [3.63, 3.8) is 0 Å². The number of thiophene rings is 1. The summed E-state index contributed by atoms with van der Waals surface area (Å²) < 4.78 is 25.7. The lowest BCUT2D eigenvalue weighted by atomic mass is 10.2. The largest absolute Gasteiger partial charge is 0.327 e. The van der Waals surface area contributed by atoms with E-state index >= 15 is 0 Å². The van der Waals surface area contributed by atoms with Crippen molar-refractivity contribution < 1.29 is 8.42 Å². The lowest BCUT2D eigenvalue weighted by molar-refractivity contribution is 0.242. The molecule has 3 heterocycles. The number of sulfonamides is 1. The molecule has 1 atom stereocenters. The molecule has 28 heavy (non-hydrogen) atoms. The van der Waals surface area contributed by atoms with Crippen LogP contribution >= 0.6 is 11.3 Å². The zero-order valence-corrected chi connectivity index (χ0v) is 17.7. The monoisotopic (exact) mass is 418 g/mol. The summed E-state index contributed by atoms with van der Waals surface area (Å²) in [5.74, 6) is 0.999. The summed E-state index contributed by atoms with van der Waals surface area (Å²) in [6, 6.07) is 9.78. The van der Waals surface area contributed by atoms with Crippen LogP contribution in [0.5, 0.6) is 0 Å². The van der Waals surface area contributed by atoms with Crippen molar-refractivity contribution in [1.29, 1.82) is 0 Å². The first-order valence-corrected chi connectivity index (χ1v) is 12.2. The van der Waals surface area contributed by atoms with E-state index < -0.39 is 10.0 Å². The highest BCUT2D eigenvalue weighted by Gasteiger charge is 2.28. The molecule has 6 nitrogen and oxygen atoms in total. The smallest absolute Gasteiger partial charge is 0.238 e. The van der Waals surface area contributed by atoms with Gasteiger partial charge in [0, 0.05) is 17.5 Å². The van der Waals surface area contributed by atoms with Crippen molar-refractivity contribution >= 4 is 32.4 Å². The number of benzene rings is 1. The molecule has 1 aliphatic rings. The quantitative estimate of drug-likeness (QED) is 0.631. The van der Waals surface area contributed by atoms with Gasteiger partial charge in [-0.2, -0.15) is 0 Å². The first-order chi connectivity index (χ1) is 13.5. The van der Waals surface area contributed by atoms with Gasteiger partial charge in [0.25, 0.3) is 0 Å². The first kappa shape index (κ1) is 19.6. The molecule has 2 N–H and O–H groups in total. The van der Waals surface area contributed by atoms with Gasteiger partial charge in [-0.05, 0) is 55.5 Å². The summed E-state index contributed by atoms with van der Waals surface area (Å²) in [7, 11) is -3.73. The molecule has 3 aromatic rings. The molecule has 4 rings (SSSR count). The Kier molecular flexibility index (Phi) is 5.55. The number of rotatable bonds is 7. The fourth-order valence-corrected chi connectivity index (χ4v) is 5.45. The van der Waals surface area contributed by atoms with Gasteiger partial charge in [0.1, 0.15) is 5.82 Å². The standard InChI is InChI=1S/C20H26N4O2S2/c1-2-3-11-24-17-9-8-15(28(21,25)26)13-16(17)22-20(24)14-23-10-4-6-18(23)19-7-5-12-27-19/h5,7-9,12-13,18H,2-4,6,10-11,14H2,1H3,(H2,21,25,26)/t18-/m1/s1. The average Bonchev–Trinajstić information content (AvgIpc) is 3.38. The van der Waals surface area contributed by atoms with E-state index in [0.29, 0.717) is 11.6 Å². The van der Waals surface area contributed by atoms with Crippen molar-refractivity contribution in [2.75, 3.05) is 6.54 Å². The number of imidazole rings is 1. The minimum atomic E-state index is -3.73. The summed E-state index contributed by atoms with van der Waals surface area (Å²) in [6.07, 6.45) is 4.51. The Bertz CT molecular complexity index is 1060. The van der Waals surface area contributed by atoms with Gasteiger partial charge in [0.05, 0.1) is 22.5 Å². The minimum Gasteiger partial charge on any atom is -0.327 e. The first-order valence-electron chi connectivity index (χ1n) is 9.77. The highest BCUT2D eigenvalue weighted by Crippen LogP contribution is 2.35. The number of hydrogen-bond donors (Lipinski definition) is 1. The number of primary sulfonamides is 1. The molecule has 0 radical (unpaired) electrons. The topological polar surface area (TPSA) is 81.2 Å². The van der Waals surface area contributed by atoms with E-state index in [1.807, 2.05) is 17.4 Å². The van der Waals surface area contributed by atoms with Crippen LogP contribution in [-0.4, -0.2) is 29.4 Å². The second kappa shape index (κ2) is 7.94. The Morgan fingerprint density at radius 3 is 2.89 bits per heavy atom. The Balaban J connectivity index is 1.70. The van der Waals surface area contributed by atoms with Crippen LogP contribution in [-0.2, 0) is 23.1 Å². The SMILES string of the molecule is CCCCn1c(CN2CCC[C@@H]2c2cccs2)nc2cc(S(N)(=O)=O)ccc21. The van der Waals surface area contributed by atoms with E-state index in [0.717, 1.165) is 43.8 Å². The van der Waals surface area contributed by atoms with Crippen LogP contribution in [0.2, 0.25) is 0 Å². The van der Waals surface area contributed by atoms with E-state index in [1.165, 1.54) is 17.7 Å². The molecule has 150 valence electrons. The van der Waals surface area contributed by atoms with Gasteiger partial charge in [-0.15, -0.1) is 11.3 Å². The van der Waals surface area contributed by atoms with Crippen LogP contribution in [0.25, 0.3) is 11.0 Å². The maximum Gasteiger partial charge on any atom is 0.238 e. The van der Waals surface area contributed by atoms with Gasteiger partial charge in [0.2, 0.25) is 10.0 Å². The third kappa shape index (κ3) is 3.87. The number of nitrogens with zero attached hydrogens (tertiary/aromatic N) is 3. The van der Waals surface area contributed by atoms with Crippen LogP contribution < -0.4 is 5.14 Å². The van der Waals surface area contributed by atoms with Gasteiger partial charge in [-0.3, -0.25) is 4.90 Å². The fraction of sp³-hybridized carbons (Fsp3) is 0.450. The molecule has 8 heteroatoms. The van der Waals surface area contributed by atoms with Crippen molar-refractivity contribution in [1.82, 2.24) is 14.5 Å². The molecule has 0 unspecified atom stereocenters. The van der Waals surface area contributed by atoms with Gasteiger partial charge >= 0.3 is 0 Å². The summed E-state index contributed by atoms with van der Waals surface area (Å²) in [5.41, 5.74) is 1.67. The average molecular weight is 419 g/mol. The maximum atomic E-state index is 11.7. The fourth-order valence-electron chi connectivity index (χ4n) is 4.02. The molecular weight excluding hydrogens is 392 g/mol. The molecule has 1 fully saturated rings. The lowest BCUT2D eigenvalue weighted by Gasteiger charge is -2.23. The molecule has 0 spiro atoms. The van der Waals surface area contributed by atoms with Gasteiger partial charge < -0.3 is 4.57 Å². The summed E-state index contributed by atoms with van der Waals surface area (Å²) in [5, 5.41) is 7.44. The second-order valence-electron chi connectivity index (χ2n) is 7.37. The van der Waals surface area contributed by atoms with E-state index in [9.17, 15) is 8.42 Å². The second-order valence-corrected chi connectivity index (χ2v) is 9.91. The normalized spacial score (nSPS) is 18.3. The van der Waals surface area contributed by atoms with Crippen molar-refractivity contribution in [2.45, 2.75) is 56.6 Å². The van der Waals surface area contributed by atoms with Crippen molar-refractivity contribution in [2.24, 2.45) is 5.14 Å². The maximum absolute atomic E-state index is 11.7. The Labute approximate surface area is 170 Å². The van der Waals surface area contributed by atoms with Crippen LogP contribution in [0.3, 0.4) is 0 Å². The minimum absolute atomic E-state index is 0.115. The summed E-state index contributed by atoms with van der Waals surface area (Å²) >= 11 is 1.81. The van der Waals surface area contributed by atoms with Gasteiger partial charge in [0.15, 0.2) is 0 Å². The molecule has 1 saturated heterocycles. The Hall–Kier alpha value is -1.74. The number of likely N-dealkylation sites (tertiary alicyclic amines) is 1. The third-order valence-corrected chi connectivity index (χ3v) is 7.33. The Morgan fingerprint density at radius 2 is 2.18 bits per heavy atom. The lowest BCUT2D eigenvalue weighted by Crippen LogP contribution is -2.24. The Morgan fingerprint density at radius 1 is 1.32 bits per heavy atom. The number of unbranched alkanes of at least 4 members (excludes halogenated alkanes) is 1. The zero-order chi connectivity index (χ0) is 19.7. The number of aryl methyl sites for hydroxylation is 1. The summed E-state index contributed by atoms with van der Waals surface area (Å²) in [4.78, 5) is 8.84. The predicted octanol–water partition coefficient (Wildman–Crippen LogP) is 3.88. The van der Waals surface area contributed by atoms with E-state index in [-0.39, 0.29) is 4.90 Å². The van der Waals surface area contributed by atoms with Crippen LogP contribution in [0.4, 0.5) is 0 Å². The molecule has 2 aromatic heterocycles. The van der Waals surface area contributed by atoms with E-state index in [4.69, 9.17) is 10.1 Å². The van der Waals surface area contributed by atoms with Crippen LogP contribution in [0, 0.1) is 0 Å². The number of nitrogens with two attached hydrogens (primary N) is 1. The highest BCUT2D eigenvalue weighted by molar-refractivity contribution is 7.89. The number of hydrogen-bond acceptors (Lipinski definition) is 5. The third-order valence-electron chi connectivity index (χ3n) is 5.44. The number of aromatic nitrogens is 2. The number of fused-ring (bicyclic) bond motifs is 1. The van der Waals surface area contributed by atoms with E-state index in [1.54, 1.807) is 12.1 Å². The molecule has 0 bridgehead atoms. The van der Waals surface area contributed by atoms with Crippen molar-refractivity contribution in [3.05, 3.63) is 46.4 Å². The van der Waals surface area contributed by atoms with Crippen LogP contribution in [0.1, 0.15) is 49.4 Å². The molecule has 0 aliphatic carbocycles. The molecular formula is C20H26N4O2S2. The van der Waals surface area contributed by atoms with Crippen molar-refractivity contribution in [3.8, 4) is 0 Å². The predicted molar refractivity (Wildman–Crippen MR) is 113 cm³/mol. The van der Waals surface area contributed by atoms with Crippen LogP contribution in [0.15, 0.2) is 40.6 Å². The van der Waals surface area contributed by atoms with Gasteiger partial charge in [-0.25, -0.2) is 18.5 Å². The van der Waals surface area contributed by atoms with Gasteiger partial charge in [-0.1, -0.05) is 19.4 Å². The molecule has 1 aromatic carbocycles. The molecule has 0 amide bonds. The summed E-state index contributed by atoms with van der Waals surface area (Å²) in [6.45, 7) is 4.88. The van der Waals surface area contributed by atoms with E-state index in [2.05, 4.69) is 33.9 Å². The highest BCUT2D eigenvalue weighted by atomic mass is 32.2.